The van der Waals surface area contributed by atoms with E-state index in [1.54, 1.807) is 7.05 Å². The molecule has 0 unspecified atom stereocenters. The number of H-pyrrole nitrogens is 2. The Morgan fingerprint density at radius 3 is 2.48 bits per heavy atom. The van der Waals surface area contributed by atoms with E-state index in [0.29, 0.717) is 17.1 Å². The van der Waals surface area contributed by atoms with E-state index in [-0.39, 0.29) is 0 Å². The first-order valence-electron chi connectivity index (χ1n) is 8.32. The highest BCUT2D eigenvalue weighted by Crippen LogP contribution is 2.16. The number of anilines is 1. The van der Waals surface area contributed by atoms with Crippen LogP contribution in [0.1, 0.15) is 5.56 Å². The molecule has 0 amide bonds. The van der Waals surface area contributed by atoms with Gasteiger partial charge in [0.25, 0.3) is 5.56 Å². The fourth-order valence-corrected chi connectivity index (χ4v) is 3.20. The normalized spacial score (nSPS) is 15.8. The molecule has 3 heterocycles. The third-order valence-corrected chi connectivity index (χ3v) is 4.66. The molecule has 0 spiro atoms. The first kappa shape index (κ1) is 15.6. The summed E-state index contributed by atoms with van der Waals surface area (Å²) in [7, 11) is 1.60. The molecule has 1 aromatic carbocycles. The lowest BCUT2D eigenvalue weighted by atomic mass is 10.2. The largest absolute Gasteiger partial charge is 0.340 e. The van der Waals surface area contributed by atoms with Crippen molar-refractivity contribution in [3.63, 3.8) is 0 Å². The minimum atomic E-state index is -0.455. The standard InChI is InChI=1S/C17H20N6O2/c1-21-14-13(15(24)20-17(21)25)18-16(19-14)23-9-7-22(8-10-23)11-12-5-3-2-4-6-12/h2-6H,7-11H2,1H3,(H,18,19)(H,20,24,25). The van der Waals surface area contributed by atoms with Gasteiger partial charge in [-0.15, -0.1) is 0 Å². The van der Waals surface area contributed by atoms with Crippen molar-refractivity contribution in [1.82, 2.24) is 24.4 Å². The Bertz CT molecular complexity index is 995. The second-order valence-corrected chi connectivity index (χ2v) is 6.33. The van der Waals surface area contributed by atoms with Crippen LogP contribution in [0.3, 0.4) is 0 Å². The van der Waals surface area contributed by atoms with E-state index < -0.39 is 11.2 Å². The number of aryl methyl sites for hydroxylation is 1. The second kappa shape index (κ2) is 6.21. The molecule has 1 fully saturated rings. The highest BCUT2D eigenvalue weighted by Gasteiger charge is 2.21. The maximum absolute atomic E-state index is 11.9. The molecule has 3 aromatic rings. The van der Waals surface area contributed by atoms with Crippen LogP contribution >= 0.6 is 0 Å². The van der Waals surface area contributed by atoms with E-state index in [2.05, 4.69) is 49.0 Å². The van der Waals surface area contributed by atoms with Crippen LogP contribution < -0.4 is 16.1 Å². The monoisotopic (exact) mass is 340 g/mol. The van der Waals surface area contributed by atoms with Crippen molar-refractivity contribution in [3.8, 4) is 0 Å². The molecular weight excluding hydrogens is 320 g/mol. The Labute approximate surface area is 143 Å². The number of imidazole rings is 1. The minimum absolute atomic E-state index is 0.337. The molecule has 130 valence electrons. The summed E-state index contributed by atoms with van der Waals surface area (Å²) in [6.07, 6.45) is 0. The molecule has 0 saturated carbocycles. The molecular formula is C17H20N6O2. The number of aromatic nitrogens is 4. The Morgan fingerprint density at radius 2 is 1.76 bits per heavy atom. The average molecular weight is 340 g/mol. The van der Waals surface area contributed by atoms with E-state index in [9.17, 15) is 9.59 Å². The van der Waals surface area contributed by atoms with Crippen molar-refractivity contribution in [1.29, 1.82) is 0 Å². The van der Waals surface area contributed by atoms with Gasteiger partial charge in [-0.3, -0.25) is 19.2 Å². The summed E-state index contributed by atoms with van der Waals surface area (Å²) >= 11 is 0. The van der Waals surface area contributed by atoms with Gasteiger partial charge in [0, 0.05) is 39.8 Å². The van der Waals surface area contributed by atoms with Crippen molar-refractivity contribution in [2.75, 3.05) is 31.1 Å². The van der Waals surface area contributed by atoms with Crippen LogP contribution in [-0.2, 0) is 13.6 Å². The first-order valence-corrected chi connectivity index (χ1v) is 8.32. The molecule has 0 aliphatic carbocycles. The lowest BCUT2D eigenvalue weighted by Crippen LogP contribution is -2.46. The molecule has 2 N–H and O–H groups in total. The predicted molar refractivity (Wildman–Crippen MR) is 95.9 cm³/mol. The Kier molecular flexibility index (Phi) is 3.89. The smallest absolute Gasteiger partial charge is 0.329 e. The van der Waals surface area contributed by atoms with Crippen molar-refractivity contribution in [2.45, 2.75) is 6.54 Å². The summed E-state index contributed by atoms with van der Waals surface area (Å²) in [6.45, 7) is 4.41. The average Bonchev–Trinajstić information content (AvgIpc) is 3.07. The summed E-state index contributed by atoms with van der Waals surface area (Å²) < 4.78 is 1.35. The molecule has 8 nitrogen and oxygen atoms in total. The van der Waals surface area contributed by atoms with Gasteiger partial charge in [0.1, 0.15) is 0 Å². The summed E-state index contributed by atoms with van der Waals surface area (Å²) in [5.41, 5.74) is 1.14. The minimum Gasteiger partial charge on any atom is -0.340 e. The van der Waals surface area contributed by atoms with E-state index in [1.165, 1.54) is 10.1 Å². The molecule has 0 radical (unpaired) electrons. The van der Waals surface area contributed by atoms with Crippen LogP contribution in [0.25, 0.3) is 11.2 Å². The molecule has 0 atom stereocenters. The number of fused-ring (bicyclic) bond motifs is 1. The second-order valence-electron chi connectivity index (χ2n) is 6.33. The van der Waals surface area contributed by atoms with E-state index in [0.717, 1.165) is 32.7 Å². The fourth-order valence-electron chi connectivity index (χ4n) is 3.20. The highest BCUT2D eigenvalue weighted by molar-refractivity contribution is 5.72. The summed E-state index contributed by atoms with van der Waals surface area (Å²) in [6, 6.07) is 10.4. The third-order valence-electron chi connectivity index (χ3n) is 4.66. The summed E-state index contributed by atoms with van der Waals surface area (Å²) in [5.74, 6) is 0.640. The Hall–Kier alpha value is -2.87. The van der Waals surface area contributed by atoms with Gasteiger partial charge in [-0.1, -0.05) is 30.3 Å². The van der Waals surface area contributed by atoms with E-state index in [4.69, 9.17) is 0 Å². The lowest BCUT2D eigenvalue weighted by Gasteiger charge is -2.34. The number of piperazine rings is 1. The SMILES string of the molecule is Cn1c(=O)[nH]c(=O)c2[nH]c(N3CCN(Cc4ccccc4)CC3)nc21. The molecule has 1 aliphatic rings. The number of hydrogen-bond donors (Lipinski definition) is 2. The molecule has 25 heavy (non-hydrogen) atoms. The maximum atomic E-state index is 11.9. The molecule has 2 aromatic heterocycles. The topological polar surface area (TPSA) is 90.0 Å². The van der Waals surface area contributed by atoms with E-state index in [1.807, 2.05) is 6.07 Å². The lowest BCUT2D eigenvalue weighted by molar-refractivity contribution is 0.249. The van der Waals surface area contributed by atoms with Crippen LogP contribution in [0.5, 0.6) is 0 Å². The molecule has 1 aliphatic heterocycles. The van der Waals surface area contributed by atoms with Crippen molar-refractivity contribution in [3.05, 3.63) is 56.7 Å². The van der Waals surface area contributed by atoms with Gasteiger partial charge >= 0.3 is 5.69 Å². The van der Waals surface area contributed by atoms with Crippen molar-refractivity contribution in [2.24, 2.45) is 7.05 Å². The van der Waals surface area contributed by atoms with E-state index >= 15 is 0 Å². The fraction of sp³-hybridized carbons (Fsp3) is 0.353. The van der Waals surface area contributed by atoms with Crippen LogP contribution in [0, 0.1) is 0 Å². The van der Waals surface area contributed by atoms with Crippen LogP contribution in [0.2, 0.25) is 0 Å². The number of hydrogen-bond acceptors (Lipinski definition) is 5. The third kappa shape index (κ3) is 2.96. The van der Waals surface area contributed by atoms with Crippen LogP contribution in [-0.4, -0.2) is 50.6 Å². The Balaban J connectivity index is 1.50. The molecule has 0 bridgehead atoms. The van der Waals surface area contributed by atoms with Crippen LogP contribution in [0.15, 0.2) is 39.9 Å². The maximum Gasteiger partial charge on any atom is 0.329 e. The summed E-state index contributed by atoms with van der Waals surface area (Å²) in [4.78, 5) is 37.9. The first-order chi connectivity index (χ1) is 12.1. The number of benzene rings is 1. The highest BCUT2D eigenvalue weighted by atomic mass is 16.2. The van der Waals surface area contributed by atoms with Gasteiger partial charge in [-0.25, -0.2) is 4.79 Å². The van der Waals surface area contributed by atoms with Gasteiger partial charge in [0.15, 0.2) is 11.2 Å². The number of nitrogens with zero attached hydrogens (tertiary/aromatic N) is 4. The van der Waals surface area contributed by atoms with Crippen LogP contribution in [0.4, 0.5) is 5.95 Å². The van der Waals surface area contributed by atoms with Gasteiger partial charge in [0.2, 0.25) is 5.95 Å². The van der Waals surface area contributed by atoms with Gasteiger partial charge in [-0.2, -0.15) is 4.98 Å². The number of aromatic amines is 2. The predicted octanol–water partition coefficient (Wildman–Crippen LogP) is 0.272. The summed E-state index contributed by atoms with van der Waals surface area (Å²) in [5, 5.41) is 0. The van der Waals surface area contributed by atoms with Crippen molar-refractivity contribution >= 4 is 17.1 Å². The zero-order valence-corrected chi connectivity index (χ0v) is 14.0. The van der Waals surface area contributed by atoms with Gasteiger partial charge < -0.3 is 9.88 Å². The molecule has 4 rings (SSSR count). The quantitative estimate of drug-likeness (QED) is 0.714. The number of rotatable bonds is 3. The molecule has 8 heteroatoms. The zero-order valence-electron chi connectivity index (χ0n) is 14.0. The Morgan fingerprint density at radius 1 is 1.04 bits per heavy atom. The molecule has 1 saturated heterocycles. The number of nitrogens with one attached hydrogen (secondary N) is 2. The van der Waals surface area contributed by atoms with Crippen molar-refractivity contribution < 1.29 is 0 Å². The van der Waals surface area contributed by atoms with Gasteiger partial charge in [0.05, 0.1) is 0 Å². The zero-order chi connectivity index (χ0) is 17.4. The van der Waals surface area contributed by atoms with Gasteiger partial charge in [-0.05, 0) is 5.56 Å².